The fourth-order valence-electron chi connectivity index (χ4n) is 2.29. The van der Waals surface area contributed by atoms with E-state index in [1.165, 1.54) is 44.7 Å². The summed E-state index contributed by atoms with van der Waals surface area (Å²) in [4.78, 5) is 0. The molecule has 0 bridgehead atoms. The van der Waals surface area contributed by atoms with Crippen molar-refractivity contribution < 1.29 is 13.9 Å². The van der Waals surface area contributed by atoms with Crippen LogP contribution >= 0.6 is 11.8 Å². The van der Waals surface area contributed by atoms with E-state index in [4.69, 9.17) is 0 Å². The van der Waals surface area contributed by atoms with E-state index >= 15 is 0 Å². The van der Waals surface area contributed by atoms with E-state index in [0.717, 1.165) is 0 Å². The molecule has 1 aliphatic rings. The molecule has 1 aromatic rings. The lowest BCUT2D eigenvalue weighted by Crippen LogP contribution is -2.08. The van der Waals surface area contributed by atoms with Crippen LogP contribution < -0.4 is 0 Å². The Morgan fingerprint density at radius 3 is 2.61 bits per heavy atom. The lowest BCUT2D eigenvalue weighted by molar-refractivity contribution is 0.197. The minimum Gasteiger partial charge on any atom is -0.387 e. The van der Waals surface area contributed by atoms with Gasteiger partial charge in [-0.05, 0) is 25.3 Å². The van der Waals surface area contributed by atoms with Crippen molar-refractivity contribution in [1.29, 1.82) is 0 Å². The number of hydrogen-bond donors (Lipinski definition) is 1. The van der Waals surface area contributed by atoms with Crippen LogP contribution in [0.25, 0.3) is 0 Å². The number of benzene rings is 1. The molecule has 100 valence electrons. The van der Waals surface area contributed by atoms with Gasteiger partial charge in [0, 0.05) is 16.6 Å². The average molecular weight is 272 g/mol. The topological polar surface area (TPSA) is 20.2 Å². The Kier molecular flexibility index (Phi) is 4.62. The van der Waals surface area contributed by atoms with E-state index in [-0.39, 0.29) is 11.1 Å². The van der Waals surface area contributed by atoms with Crippen molar-refractivity contribution in [2.75, 3.05) is 5.75 Å². The first-order valence-electron chi connectivity index (χ1n) is 6.33. The summed E-state index contributed by atoms with van der Waals surface area (Å²) < 4.78 is 27.1. The van der Waals surface area contributed by atoms with Gasteiger partial charge in [-0.2, -0.15) is 11.8 Å². The van der Waals surface area contributed by atoms with Crippen molar-refractivity contribution in [1.82, 2.24) is 0 Å². The molecule has 0 aromatic heterocycles. The molecule has 1 N–H and O–H groups in total. The van der Waals surface area contributed by atoms with Crippen LogP contribution in [0.4, 0.5) is 8.78 Å². The zero-order valence-corrected chi connectivity index (χ0v) is 11.3. The molecule has 18 heavy (non-hydrogen) atoms. The van der Waals surface area contributed by atoms with Gasteiger partial charge in [0.2, 0.25) is 0 Å². The van der Waals surface area contributed by atoms with Gasteiger partial charge in [-0.1, -0.05) is 25.0 Å². The monoisotopic (exact) mass is 272 g/mol. The molecular formula is C14H18F2OS. The Morgan fingerprint density at radius 1 is 1.28 bits per heavy atom. The number of aliphatic hydroxyl groups is 1. The molecule has 0 spiro atoms. The van der Waals surface area contributed by atoms with Crippen molar-refractivity contribution >= 4 is 11.8 Å². The molecule has 1 atom stereocenters. The molecule has 0 radical (unpaired) electrons. The highest BCUT2D eigenvalue weighted by Gasteiger charge is 2.21. The Bertz CT molecular complexity index is 417. The molecule has 0 saturated heterocycles. The van der Waals surface area contributed by atoms with Crippen LogP contribution in [-0.2, 0) is 0 Å². The number of rotatable bonds is 4. The van der Waals surface area contributed by atoms with Gasteiger partial charge in [0.15, 0.2) is 11.6 Å². The van der Waals surface area contributed by atoms with E-state index < -0.39 is 17.7 Å². The lowest BCUT2D eigenvalue weighted by atomic mass is 10.1. The Morgan fingerprint density at radius 2 is 1.94 bits per heavy atom. The van der Waals surface area contributed by atoms with Gasteiger partial charge >= 0.3 is 0 Å². The lowest BCUT2D eigenvalue weighted by Gasteiger charge is -2.15. The number of thioether (sulfide) groups is 1. The number of hydrogen-bond acceptors (Lipinski definition) is 2. The van der Waals surface area contributed by atoms with Gasteiger partial charge in [0.1, 0.15) is 0 Å². The van der Waals surface area contributed by atoms with E-state index in [1.54, 1.807) is 11.8 Å². The van der Waals surface area contributed by atoms with Crippen molar-refractivity contribution in [2.24, 2.45) is 0 Å². The van der Waals surface area contributed by atoms with Crippen molar-refractivity contribution in [3.63, 3.8) is 0 Å². The predicted molar refractivity (Wildman–Crippen MR) is 70.8 cm³/mol. The van der Waals surface area contributed by atoms with Gasteiger partial charge in [-0.25, -0.2) is 8.78 Å². The fraction of sp³-hybridized carbons (Fsp3) is 0.571. The first-order valence-corrected chi connectivity index (χ1v) is 7.38. The quantitative estimate of drug-likeness (QED) is 0.894. The van der Waals surface area contributed by atoms with Crippen LogP contribution in [0, 0.1) is 18.6 Å². The summed E-state index contributed by atoms with van der Waals surface area (Å²) in [5.74, 6) is -1.32. The summed E-state index contributed by atoms with van der Waals surface area (Å²) >= 11 is 1.67. The van der Waals surface area contributed by atoms with Gasteiger partial charge in [0.05, 0.1) is 6.10 Å². The SMILES string of the molecule is Cc1ccc(C(O)CSC2CCCC2)c(F)c1F. The Balaban J connectivity index is 1.99. The Labute approximate surface area is 111 Å². The second-order valence-corrected chi connectivity index (χ2v) is 6.19. The second-order valence-electron chi connectivity index (χ2n) is 4.86. The number of aliphatic hydroxyl groups excluding tert-OH is 1. The summed E-state index contributed by atoms with van der Waals surface area (Å²) in [5, 5.41) is 10.5. The van der Waals surface area contributed by atoms with E-state index in [2.05, 4.69) is 0 Å². The maximum absolute atomic E-state index is 13.7. The molecule has 0 heterocycles. The summed E-state index contributed by atoms with van der Waals surface area (Å²) in [7, 11) is 0. The van der Waals surface area contributed by atoms with Crippen molar-refractivity contribution in [3.05, 3.63) is 34.9 Å². The standard InChI is InChI=1S/C14H18F2OS/c1-9-6-7-11(14(16)13(9)15)12(17)8-18-10-4-2-3-5-10/h6-7,10,12,17H,2-5,8H2,1H3. The zero-order chi connectivity index (χ0) is 13.1. The molecule has 2 rings (SSSR count). The van der Waals surface area contributed by atoms with E-state index in [1.807, 2.05) is 0 Å². The second kappa shape index (κ2) is 6.02. The highest BCUT2D eigenvalue weighted by molar-refractivity contribution is 7.99. The highest BCUT2D eigenvalue weighted by atomic mass is 32.2. The van der Waals surface area contributed by atoms with Crippen LogP contribution in [0.2, 0.25) is 0 Å². The third-order valence-corrected chi connectivity index (χ3v) is 4.91. The smallest absolute Gasteiger partial charge is 0.164 e. The Hall–Kier alpha value is -0.610. The summed E-state index contributed by atoms with van der Waals surface area (Å²) in [6, 6.07) is 2.99. The average Bonchev–Trinajstić information content (AvgIpc) is 2.86. The predicted octanol–water partition coefficient (Wildman–Crippen LogP) is 3.98. The van der Waals surface area contributed by atoms with E-state index in [9.17, 15) is 13.9 Å². The molecule has 0 aliphatic heterocycles. The minimum absolute atomic E-state index is 0.0728. The van der Waals surface area contributed by atoms with Crippen molar-refractivity contribution in [2.45, 2.75) is 44.0 Å². The van der Waals surface area contributed by atoms with Crippen LogP contribution in [0.3, 0.4) is 0 Å². The van der Waals surface area contributed by atoms with Gasteiger partial charge in [-0.15, -0.1) is 0 Å². The highest BCUT2D eigenvalue weighted by Crippen LogP contribution is 2.32. The molecule has 4 heteroatoms. The molecule has 0 amide bonds. The molecule has 1 fully saturated rings. The maximum Gasteiger partial charge on any atom is 0.164 e. The first kappa shape index (κ1) is 13.8. The van der Waals surface area contributed by atoms with Crippen LogP contribution in [0.15, 0.2) is 12.1 Å². The summed E-state index contributed by atoms with van der Waals surface area (Å²) in [6.45, 7) is 1.52. The molecule has 1 aromatic carbocycles. The number of aryl methyl sites for hydroxylation is 1. The number of halogens is 2. The van der Waals surface area contributed by atoms with Gasteiger partial charge in [-0.3, -0.25) is 0 Å². The van der Waals surface area contributed by atoms with Gasteiger partial charge < -0.3 is 5.11 Å². The molecule has 1 saturated carbocycles. The third kappa shape index (κ3) is 3.04. The van der Waals surface area contributed by atoms with Gasteiger partial charge in [0.25, 0.3) is 0 Å². The zero-order valence-electron chi connectivity index (χ0n) is 10.5. The first-order chi connectivity index (χ1) is 8.59. The molecular weight excluding hydrogens is 254 g/mol. The molecule has 1 nitrogen and oxygen atoms in total. The summed E-state index contributed by atoms with van der Waals surface area (Å²) in [6.07, 6.45) is 3.89. The third-order valence-electron chi connectivity index (χ3n) is 3.46. The summed E-state index contributed by atoms with van der Waals surface area (Å²) in [5.41, 5.74) is 0.343. The van der Waals surface area contributed by atoms with Crippen LogP contribution in [-0.4, -0.2) is 16.1 Å². The van der Waals surface area contributed by atoms with E-state index in [0.29, 0.717) is 11.0 Å². The normalized spacial score (nSPS) is 18.2. The van der Waals surface area contributed by atoms with Crippen LogP contribution in [0.5, 0.6) is 0 Å². The largest absolute Gasteiger partial charge is 0.387 e. The minimum atomic E-state index is -0.925. The maximum atomic E-state index is 13.7. The van der Waals surface area contributed by atoms with Crippen LogP contribution in [0.1, 0.15) is 42.9 Å². The fourth-order valence-corrected chi connectivity index (χ4v) is 3.59. The molecule has 1 unspecified atom stereocenters. The van der Waals surface area contributed by atoms with Crippen molar-refractivity contribution in [3.8, 4) is 0 Å². The molecule has 1 aliphatic carbocycles.